The summed E-state index contributed by atoms with van der Waals surface area (Å²) in [6.07, 6.45) is 2.54. The molecule has 22 heavy (non-hydrogen) atoms. The summed E-state index contributed by atoms with van der Waals surface area (Å²) in [5.74, 6) is 0. The largest absolute Gasteiger partial charge is 0.325 e. The highest BCUT2D eigenvalue weighted by Gasteiger charge is 2.14. The number of rotatable bonds is 3. The van der Waals surface area contributed by atoms with Crippen molar-refractivity contribution in [2.24, 2.45) is 0 Å². The van der Waals surface area contributed by atoms with Crippen LogP contribution in [-0.4, -0.2) is 23.0 Å². The zero-order chi connectivity index (χ0) is 15.5. The predicted molar refractivity (Wildman–Crippen MR) is 86.5 cm³/mol. The van der Waals surface area contributed by atoms with E-state index in [0.717, 1.165) is 30.9 Å². The molecule has 0 aliphatic carbocycles. The van der Waals surface area contributed by atoms with E-state index in [0.29, 0.717) is 5.56 Å². The summed E-state index contributed by atoms with van der Waals surface area (Å²) in [6, 6.07) is 12.1. The molecule has 3 rings (SSSR count). The molecular weight excluding hydrogens is 274 g/mol. The second-order valence-electron chi connectivity index (χ2n) is 5.87. The average Bonchev–Trinajstić information content (AvgIpc) is 3.00. The fourth-order valence-corrected chi connectivity index (χ4v) is 3.06. The number of benzene rings is 1. The second-order valence-corrected chi connectivity index (χ2v) is 5.87. The Hall–Kier alpha value is -2.38. The Kier molecular flexibility index (Phi) is 4.08. The minimum atomic E-state index is -0.317. The smallest absolute Gasteiger partial charge is 0.266 e. The third-order valence-corrected chi connectivity index (χ3v) is 4.12. The van der Waals surface area contributed by atoms with Gasteiger partial charge in [0.05, 0.1) is 0 Å². The lowest BCUT2D eigenvalue weighted by molar-refractivity contribution is 0.331. The minimum Gasteiger partial charge on any atom is -0.325 e. The van der Waals surface area contributed by atoms with Gasteiger partial charge in [-0.25, -0.2) is 0 Å². The number of pyridine rings is 1. The molecule has 1 aliphatic heterocycles. The molecule has 0 atom stereocenters. The van der Waals surface area contributed by atoms with Gasteiger partial charge in [-0.05, 0) is 56.1 Å². The van der Waals surface area contributed by atoms with E-state index in [-0.39, 0.29) is 11.1 Å². The van der Waals surface area contributed by atoms with Crippen LogP contribution in [0.25, 0.3) is 11.1 Å². The Morgan fingerprint density at radius 3 is 2.77 bits per heavy atom. The molecule has 112 valence electrons. The summed E-state index contributed by atoms with van der Waals surface area (Å²) in [4.78, 5) is 17.1. The second kappa shape index (κ2) is 6.17. The number of hydrogen-bond acceptors (Lipinski definition) is 3. The summed E-state index contributed by atoms with van der Waals surface area (Å²) in [5, 5.41) is 9.27. The van der Waals surface area contributed by atoms with Crippen LogP contribution in [0.4, 0.5) is 0 Å². The van der Waals surface area contributed by atoms with Crippen molar-refractivity contribution in [3.05, 3.63) is 57.5 Å². The molecule has 0 saturated carbocycles. The molecule has 0 unspecified atom stereocenters. The van der Waals surface area contributed by atoms with Crippen LogP contribution in [0.5, 0.6) is 0 Å². The molecule has 1 fully saturated rings. The number of H-pyrrole nitrogens is 1. The lowest BCUT2D eigenvalue weighted by Gasteiger charge is -2.15. The molecule has 1 N–H and O–H groups in total. The maximum Gasteiger partial charge on any atom is 0.266 e. The zero-order valence-corrected chi connectivity index (χ0v) is 12.7. The topological polar surface area (TPSA) is 59.9 Å². The van der Waals surface area contributed by atoms with Gasteiger partial charge in [0.1, 0.15) is 11.6 Å². The Morgan fingerprint density at radius 2 is 2.05 bits per heavy atom. The molecule has 1 aromatic heterocycles. The van der Waals surface area contributed by atoms with Crippen molar-refractivity contribution in [1.82, 2.24) is 9.88 Å². The van der Waals surface area contributed by atoms with Crippen molar-refractivity contribution in [2.75, 3.05) is 13.1 Å². The molecule has 4 heteroatoms. The van der Waals surface area contributed by atoms with Gasteiger partial charge in [0.2, 0.25) is 0 Å². The van der Waals surface area contributed by atoms with E-state index in [2.05, 4.69) is 22.0 Å². The molecule has 1 aromatic carbocycles. The SMILES string of the molecule is Cc1cc(-c2cccc(CN3CCCC3)c2)c(C#N)c(=O)[nH]1. The Bertz CT molecular complexity index is 780. The van der Waals surface area contributed by atoms with Gasteiger partial charge >= 0.3 is 0 Å². The first-order valence-electron chi connectivity index (χ1n) is 7.63. The lowest BCUT2D eigenvalue weighted by Crippen LogP contribution is -2.18. The molecule has 0 radical (unpaired) electrons. The van der Waals surface area contributed by atoms with E-state index in [9.17, 15) is 10.1 Å². The molecule has 4 nitrogen and oxygen atoms in total. The fourth-order valence-electron chi connectivity index (χ4n) is 3.06. The highest BCUT2D eigenvalue weighted by Crippen LogP contribution is 2.24. The van der Waals surface area contributed by atoms with Crippen molar-refractivity contribution in [2.45, 2.75) is 26.3 Å². The monoisotopic (exact) mass is 293 g/mol. The van der Waals surface area contributed by atoms with Crippen molar-refractivity contribution in [3.63, 3.8) is 0 Å². The number of likely N-dealkylation sites (tertiary alicyclic amines) is 1. The van der Waals surface area contributed by atoms with Gasteiger partial charge in [0.25, 0.3) is 5.56 Å². The van der Waals surface area contributed by atoms with E-state index >= 15 is 0 Å². The van der Waals surface area contributed by atoms with Crippen LogP contribution in [0, 0.1) is 18.3 Å². The first-order valence-corrected chi connectivity index (χ1v) is 7.63. The maximum atomic E-state index is 11.9. The van der Waals surface area contributed by atoms with Gasteiger partial charge in [-0.15, -0.1) is 0 Å². The maximum absolute atomic E-state index is 11.9. The average molecular weight is 293 g/mol. The van der Waals surface area contributed by atoms with Crippen LogP contribution < -0.4 is 5.56 Å². The number of nitriles is 1. The van der Waals surface area contributed by atoms with Crippen LogP contribution in [0.2, 0.25) is 0 Å². The van der Waals surface area contributed by atoms with Gasteiger partial charge in [-0.3, -0.25) is 9.69 Å². The number of aromatic amines is 1. The molecule has 2 heterocycles. The number of nitrogens with one attached hydrogen (secondary N) is 1. The number of nitrogens with zero attached hydrogens (tertiary/aromatic N) is 2. The van der Waals surface area contributed by atoms with Crippen LogP contribution in [0.15, 0.2) is 35.1 Å². The van der Waals surface area contributed by atoms with Gasteiger partial charge in [-0.2, -0.15) is 5.26 Å². The molecule has 2 aromatic rings. The third kappa shape index (κ3) is 2.95. The number of aryl methyl sites for hydroxylation is 1. The molecule has 1 aliphatic rings. The highest BCUT2D eigenvalue weighted by atomic mass is 16.1. The summed E-state index contributed by atoms with van der Waals surface area (Å²) in [7, 11) is 0. The minimum absolute atomic E-state index is 0.184. The van der Waals surface area contributed by atoms with E-state index in [1.54, 1.807) is 0 Å². The van der Waals surface area contributed by atoms with E-state index in [4.69, 9.17) is 0 Å². The Labute approximate surface area is 130 Å². The molecule has 0 amide bonds. The normalized spacial score (nSPS) is 14.9. The summed E-state index contributed by atoms with van der Waals surface area (Å²) < 4.78 is 0. The van der Waals surface area contributed by atoms with E-state index in [1.807, 2.05) is 31.2 Å². The van der Waals surface area contributed by atoms with Crippen LogP contribution in [-0.2, 0) is 6.54 Å². The zero-order valence-electron chi connectivity index (χ0n) is 12.7. The predicted octanol–water partition coefficient (Wildman–Crippen LogP) is 2.82. The van der Waals surface area contributed by atoms with Crippen LogP contribution in [0.3, 0.4) is 0 Å². The van der Waals surface area contributed by atoms with Gasteiger partial charge in [0.15, 0.2) is 0 Å². The standard InChI is InChI=1S/C18H19N3O/c1-13-9-16(17(11-19)18(22)20-13)15-6-4-5-14(10-15)12-21-7-2-3-8-21/h4-6,9-10H,2-3,7-8,12H2,1H3,(H,20,22). The lowest BCUT2D eigenvalue weighted by atomic mass is 9.99. The molecule has 1 saturated heterocycles. The summed E-state index contributed by atoms with van der Waals surface area (Å²) in [5.41, 5.74) is 3.51. The van der Waals surface area contributed by atoms with Crippen molar-refractivity contribution >= 4 is 0 Å². The van der Waals surface area contributed by atoms with Crippen molar-refractivity contribution < 1.29 is 0 Å². The molecular formula is C18H19N3O. The van der Waals surface area contributed by atoms with Crippen LogP contribution >= 0.6 is 0 Å². The summed E-state index contributed by atoms with van der Waals surface area (Å²) >= 11 is 0. The van der Waals surface area contributed by atoms with E-state index in [1.165, 1.54) is 18.4 Å². The van der Waals surface area contributed by atoms with Crippen LogP contribution in [0.1, 0.15) is 29.7 Å². The quantitative estimate of drug-likeness (QED) is 0.946. The Balaban J connectivity index is 1.99. The van der Waals surface area contributed by atoms with E-state index < -0.39 is 0 Å². The number of hydrogen-bond donors (Lipinski definition) is 1. The van der Waals surface area contributed by atoms with Gasteiger partial charge < -0.3 is 4.98 Å². The van der Waals surface area contributed by atoms with Gasteiger partial charge in [0, 0.05) is 17.8 Å². The van der Waals surface area contributed by atoms with Crippen molar-refractivity contribution in [3.8, 4) is 17.2 Å². The number of aromatic nitrogens is 1. The first-order chi connectivity index (χ1) is 10.7. The molecule has 0 spiro atoms. The first kappa shape index (κ1) is 14.6. The Morgan fingerprint density at radius 1 is 1.27 bits per heavy atom. The highest BCUT2D eigenvalue weighted by molar-refractivity contribution is 5.70. The summed E-state index contributed by atoms with van der Waals surface area (Å²) in [6.45, 7) is 5.06. The fraction of sp³-hybridized carbons (Fsp3) is 0.333. The molecule has 0 bridgehead atoms. The van der Waals surface area contributed by atoms with Crippen molar-refractivity contribution in [1.29, 1.82) is 5.26 Å². The van der Waals surface area contributed by atoms with Gasteiger partial charge in [-0.1, -0.05) is 18.2 Å². The third-order valence-electron chi connectivity index (χ3n) is 4.12.